The van der Waals surface area contributed by atoms with Crippen molar-refractivity contribution in [2.24, 2.45) is 5.92 Å². The number of likely N-dealkylation sites (tertiary alicyclic amines) is 1. The number of hydrogen-bond donors (Lipinski definition) is 1. The van der Waals surface area contributed by atoms with Crippen molar-refractivity contribution in [3.63, 3.8) is 0 Å². The Morgan fingerprint density at radius 1 is 1.14 bits per heavy atom. The Bertz CT molecular complexity index is 841. The second-order valence-corrected chi connectivity index (χ2v) is 9.77. The summed E-state index contributed by atoms with van der Waals surface area (Å²) in [4.78, 5) is 22.5. The average molecular weight is 415 g/mol. The molecule has 0 radical (unpaired) electrons. The van der Waals surface area contributed by atoms with Gasteiger partial charge in [-0.15, -0.1) is 0 Å². The van der Waals surface area contributed by atoms with E-state index in [4.69, 9.17) is 4.98 Å². The molecule has 2 fully saturated rings. The van der Waals surface area contributed by atoms with E-state index < -0.39 is 0 Å². The van der Waals surface area contributed by atoms with Crippen molar-refractivity contribution < 1.29 is 4.79 Å². The number of carbonyl (C=O) groups is 1. The fourth-order valence-corrected chi connectivity index (χ4v) is 5.88. The second kappa shape index (κ2) is 9.43. The van der Waals surface area contributed by atoms with Gasteiger partial charge in [0.15, 0.2) is 5.13 Å². The lowest BCUT2D eigenvalue weighted by Gasteiger charge is -2.32. The van der Waals surface area contributed by atoms with Gasteiger partial charge in [0.05, 0.1) is 16.1 Å². The molecule has 2 aromatic rings. The number of rotatable bonds is 5. The summed E-state index contributed by atoms with van der Waals surface area (Å²) < 4.78 is 1.25. The van der Waals surface area contributed by atoms with Gasteiger partial charge in [0.25, 0.3) is 0 Å². The molecule has 1 aromatic heterocycles. The maximum Gasteiger partial charge on any atom is 0.224 e. The maximum absolute atomic E-state index is 12.8. The van der Waals surface area contributed by atoms with Crippen LogP contribution in [0.1, 0.15) is 49.7 Å². The highest BCUT2D eigenvalue weighted by atomic mass is 32.1. The van der Waals surface area contributed by atoms with E-state index in [-0.39, 0.29) is 11.8 Å². The summed E-state index contributed by atoms with van der Waals surface area (Å²) in [5.74, 6) is 0.292. The summed E-state index contributed by atoms with van der Waals surface area (Å²) in [6.07, 6.45) is 7.34. The zero-order valence-corrected chi connectivity index (χ0v) is 18.7. The van der Waals surface area contributed by atoms with Crippen molar-refractivity contribution in [3.05, 3.63) is 23.3 Å². The largest absolute Gasteiger partial charge is 0.355 e. The topological polar surface area (TPSA) is 48.5 Å². The molecule has 3 heterocycles. The molecule has 1 N–H and O–H groups in total. The molecule has 2 aliphatic heterocycles. The first kappa shape index (κ1) is 20.6. The molecule has 1 atom stereocenters. The molecule has 2 aliphatic rings. The van der Waals surface area contributed by atoms with Crippen LogP contribution < -0.4 is 10.2 Å². The van der Waals surface area contributed by atoms with Crippen molar-refractivity contribution in [3.8, 4) is 0 Å². The zero-order valence-electron chi connectivity index (χ0n) is 17.9. The second-order valence-electron chi connectivity index (χ2n) is 8.76. The van der Waals surface area contributed by atoms with Crippen LogP contribution in [0, 0.1) is 19.8 Å². The van der Waals surface area contributed by atoms with Gasteiger partial charge in [-0.3, -0.25) is 4.79 Å². The molecule has 6 heteroatoms. The smallest absolute Gasteiger partial charge is 0.224 e. The van der Waals surface area contributed by atoms with Crippen molar-refractivity contribution in [1.29, 1.82) is 0 Å². The van der Waals surface area contributed by atoms with Gasteiger partial charge < -0.3 is 15.1 Å². The number of thiazole rings is 1. The first-order valence-electron chi connectivity index (χ1n) is 11.2. The molecule has 1 amide bonds. The molecule has 0 saturated carbocycles. The van der Waals surface area contributed by atoms with Crippen LogP contribution in [0.3, 0.4) is 0 Å². The summed E-state index contributed by atoms with van der Waals surface area (Å²) in [5.41, 5.74) is 3.63. The summed E-state index contributed by atoms with van der Waals surface area (Å²) >= 11 is 1.76. The van der Waals surface area contributed by atoms with Gasteiger partial charge in [-0.05, 0) is 69.8 Å². The fraction of sp³-hybridized carbons (Fsp3) is 0.652. The number of benzene rings is 1. The third kappa shape index (κ3) is 5.10. The van der Waals surface area contributed by atoms with Gasteiger partial charge in [0, 0.05) is 26.2 Å². The molecule has 29 heavy (non-hydrogen) atoms. The lowest BCUT2D eigenvalue weighted by Crippen LogP contribution is -2.44. The quantitative estimate of drug-likeness (QED) is 0.799. The SMILES string of the molecule is Cc1cc(C)c2nc(N3CCCC(C(=O)NCCN4CCCCCC4)C3)sc2c1. The number of aromatic nitrogens is 1. The van der Waals surface area contributed by atoms with Crippen LogP contribution in [0.25, 0.3) is 10.2 Å². The minimum Gasteiger partial charge on any atom is -0.355 e. The molecule has 0 spiro atoms. The molecule has 5 nitrogen and oxygen atoms in total. The number of hydrogen-bond acceptors (Lipinski definition) is 5. The minimum absolute atomic E-state index is 0.0720. The van der Waals surface area contributed by atoms with Gasteiger partial charge in [-0.2, -0.15) is 0 Å². The van der Waals surface area contributed by atoms with Crippen molar-refractivity contribution in [2.45, 2.75) is 52.4 Å². The number of nitrogens with one attached hydrogen (secondary N) is 1. The van der Waals surface area contributed by atoms with E-state index in [0.29, 0.717) is 0 Å². The fourth-order valence-electron chi connectivity index (χ4n) is 4.70. The summed E-state index contributed by atoms with van der Waals surface area (Å²) in [6.45, 7) is 10.2. The molecule has 0 aliphatic carbocycles. The van der Waals surface area contributed by atoms with E-state index in [1.165, 1.54) is 54.6 Å². The van der Waals surface area contributed by atoms with Gasteiger partial charge >= 0.3 is 0 Å². The standard InChI is InChI=1S/C23H34N4OS/c1-17-14-18(2)21-20(15-17)29-23(25-21)27-12-7-8-19(16-27)22(28)24-9-13-26-10-5-3-4-6-11-26/h14-15,19H,3-13,16H2,1-2H3,(H,24,28). The van der Waals surface area contributed by atoms with Crippen LogP contribution >= 0.6 is 11.3 Å². The molecule has 1 aromatic carbocycles. The highest BCUT2D eigenvalue weighted by molar-refractivity contribution is 7.22. The molecule has 158 valence electrons. The van der Waals surface area contributed by atoms with Crippen molar-refractivity contribution >= 4 is 32.6 Å². The first-order valence-corrected chi connectivity index (χ1v) is 12.0. The Labute approximate surface area is 178 Å². The number of piperidine rings is 1. The third-order valence-corrected chi connectivity index (χ3v) is 7.37. The molecular weight excluding hydrogens is 380 g/mol. The minimum atomic E-state index is 0.0720. The van der Waals surface area contributed by atoms with E-state index >= 15 is 0 Å². The number of aryl methyl sites for hydroxylation is 2. The lowest BCUT2D eigenvalue weighted by molar-refractivity contribution is -0.125. The zero-order chi connectivity index (χ0) is 20.2. The summed E-state index contributed by atoms with van der Waals surface area (Å²) in [7, 11) is 0. The highest BCUT2D eigenvalue weighted by Gasteiger charge is 2.27. The number of carbonyl (C=O) groups excluding carboxylic acids is 1. The van der Waals surface area contributed by atoms with Crippen molar-refractivity contribution in [1.82, 2.24) is 15.2 Å². The molecular formula is C23H34N4OS. The summed E-state index contributed by atoms with van der Waals surface area (Å²) in [6, 6.07) is 4.42. The molecule has 0 bridgehead atoms. The Morgan fingerprint density at radius 2 is 1.93 bits per heavy atom. The Hall–Kier alpha value is -1.66. The lowest BCUT2D eigenvalue weighted by atomic mass is 9.97. The first-order chi connectivity index (χ1) is 14.1. The van der Waals surface area contributed by atoms with E-state index in [9.17, 15) is 4.79 Å². The predicted octanol–water partition coefficient (Wildman–Crippen LogP) is 4.12. The molecule has 4 rings (SSSR count). The van der Waals surface area contributed by atoms with Crippen LogP contribution in [-0.2, 0) is 4.79 Å². The highest BCUT2D eigenvalue weighted by Crippen LogP contribution is 2.33. The summed E-state index contributed by atoms with van der Waals surface area (Å²) in [5, 5.41) is 4.28. The monoisotopic (exact) mass is 414 g/mol. The predicted molar refractivity (Wildman–Crippen MR) is 122 cm³/mol. The maximum atomic E-state index is 12.8. The number of anilines is 1. The van der Waals surface area contributed by atoms with E-state index in [0.717, 1.165) is 49.7 Å². The van der Waals surface area contributed by atoms with E-state index in [1.807, 2.05) is 0 Å². The van der Waals surface area contributed by atoms with Gasteiger partial charge in [-0.1, -0.05) is 30.2 Å². The van der Waals surface area contributed by atoms with Gasteiger partial charge in [0.2, 0.25) is 5.91 Å². The van der Waals surface area contributed by atoms with Crippen LogP contribution in [0.4, 0.5) is 5.13 Å². The molecule has 1 unspecified atom stereocenters. The molecule has 2 saturated heterocycles. The Morgan fingerprint density at radius 3 is 2.72 bits per heavy atom. The van der Waals surface area contributed by atoms with Crippen LogP contribution in [0.2, 0.25) is 0 Å². The van der Waals surface area contributed by atoms with Crippen LogP contribution in [0.15, 0.2) is 12.1 Å². The third-order valence-electron chi connectivity index (χ3n) is 6.31. The van der Waals surface area contributed by atoms with E-state index in [1.54, 1.807) is 11.3 Å². The Kier molecular flexibility index (Phi) is 6.70. The average Bonchev–Trinajstić information content (AvgIpc) is 2.97. The van der Waals surface area contributed by atoms with Crippen molar-refractivity contribution in [2.75, 3.05) is 44.2 Å². The number of nitrogens with zero attached hydrogens (tertiary/aromatic N) is 3. The van der Waals surface area contributed by atoms with Crippen LogP contribution in [-0.4, -0.2) is 55.1 Å². The van der Waals surface area contributed by atoms with Gasteiger partial charge in [-0.25, -0.2) is 4.98 Å². The van der Waals surface area contributed by atoms with E-state index in [2.05, 4.69) is 41.1 Å². The van der Waals surface area contributed by atoms with Gasteiger partial charge in [0.1, 0.15) is 0 Å². The number of fused-ring (bicyclic) bond motifs is 1. The number of amides is 1. The Balaban J connectivity index is 1.33. The van der Waals surface area contributed by atoms with Crippen LogP contribution in [0.5, 0.6) is 0 Å². The normalized spacial score (nSPS) is 21.3.